The molecule has 1 fully saturated rings. The predicted molar refractivity (Wildman–Crippen MR) is 117 cm³/mol. The average molecular weight is 404 g/mol. The molecular formula is C24H24N2O4. The molecular weight excluding hydrogens is 380 g/mol. The van der Waals surface area contributed by atoms with Gasteiger partial charge in [0.15, 0.2) is 11.5 Å². The summed E-state index contributed by atoms with van der Waals surface area (Å²) in [6.45, 7) is 7.00. The van der Waals surface area contributed by atoms with Gasteiger partial charge in [0.2, 0.25) is 6.79 Å². The molecule has 1 N–H and O–H groups in total. The van der Waals surface area contributed by atoms with Crippen molar-refractivity contribution < 1.29 is 13.9 Å². The molecule has 0 amide bonds. The van der Waals surface area contributed by atoms with Crippen molar-refractivity contribution in [3.05, 3.63) is 70.6 Å². The third-order valence-electron chi connectivity index (χ3n) is 5.79. The normalized spacial score (nSPS) is 16.7. The first kappa shape index (κ1) is 18.8. The average Bonchev–Trinajstić information content (AvgIpc) is 3.23. The molecule has 0 unspecified atom stereocenters. The number of likely N-dealkylation sites (tertiary alicyclic amines) is 1. The quantitative estimate of drug-likeness (QED) is 0.642. The minimum Gasteiger partial charge on any atom is -0.454 e. The van der Waals surface area contributed by atoms with E-state index in [-0.39, 0.29) is 5.63 Å². The Morgan fingerprint density at radius 2 is 1.90 bits per heavy atom. The summed E-state index contributed by atoms with van der Waals surface area (Å²) in [5.74, 6) is 1.65. The SMILES string of the molecule is C=Cc1ccc2oc(=O)cc(NC3CCN(Cc4ccc5c(c4)OCO5)CC3)c2c1. The van der Waals surface area contributed by atoms with Crippen molar-refractivity contribution in [3.8, 4) is 11.5 Å². The van der Waals surface area contributed by atoms with Gasteiger partial charge in [-0.1, -0.05) is 24.8 Å². The van der Waals surface area contributed by atoms with Crippen LogP contribution < -0.4 is 20.4 Å². The lowest BCUT2D eigenvalue weighted by Gasteiger charge is -2.33. The first-order valence-electron chi connectivity index (χ1n) is 10.3. The maximum absolute atomic E-state index is 12.0. The maximum Gasteiger partial charge on any atom is 0.338 e. The second kappa shape index (κ2) is 7.88. The number of piperidine rings is 1. The molecule has 0 saturated carbocycles. The van der Waals surface area contributed by atoms with E-state index in [0.717, 1.165) is 60.6 Å². The van der Waals surface area contributed by atoms with E-state index in [1.807, 2.05) is 24.3 Å². The van der Waals surface area contributed by atoms with E-state index < -0.39 is 0 Å². The Labute approximate surface area is 174 Å². The fourth-order valence-electron chi connectivity index (χ4n) is 4.18. The van der Waals surface area contributed by atoms with Gasteiger partial charge in [0, 0.05) is 37.1 Å². The van der Waals surface area contributed by atoms with Gasteiger partial charge in [-0.05, 0) is 48.2 Å². The molecule has 2 aliphatic rings. The number of fused-ring (bicyclic) bond motifs is 2. The molecule has 2 aliphatic heterocycles. The number of rotatable bonds is 5. The molecule has 0 spiro atoms. The van der Waals surface area contributed by atoms with Crippen LogP contribution in [0, 0.1) is 0 Å². The molecule has 6 heteroatoms. The van der Waals surface area contributed by atoms with Gasteiger partial charge in [-0.3, -0.25) is 4.90 Å². The second-order valence-corrected chi connectivity index (χ2v) is 7.82. The van der Waals surface area contributed by atoms with Gasteiger partial charge in [-0.15, -0.1) is 0 Å². The molecule has 3 heterocycles. The van der Waals surface area contributed by atoms with Crippen LogP contribution >= 0.6 is 0 Å². The number of nitrogens with one attached hydrogen (secondary N) is 1. The Bertz CT molecular complexity index is 1150. The van der Waals surface area contributed by atoms with Crippen LogP contribution in [-0.4, -0.2) is 30.8 Å². The Kier molecular flexibility index (Phi) is 4.93. The van der Waals surface area contributed by atoms with Gasteiger partial charge in [0.05, 0.1) is 5.69 Å². The molecule has 30 heavy (non-hydrogen) atoms. The number of nitrogens with zero attached hydrogens (tertiary/aromatic N) is 1. The molecule has 1 aromatic heterocycles. The van der Waals surface area contributed by atoms with Gasteiger partial charge in [0.25, 0.3) is 0 Å². The van der Waals surface area contributed by atoms with Crippen LogP contribution in [0.15, 0.2) is 58.3 Å². The van der Waals surface area contributed by atoms with Crippen LogP contribution in [0.5, 0.6) is 11.5 Å². The van der Waals surface area contributed by atoms with Crippen molar-refractivity contribution in [3.63, 3.8) is 0 Å². The first-order valence-corrected chi connectivity index (χ1v) is 10.3. The van der Waals surface area contributed by atoms with Gasteiger partial charge in [-0.25, -0.2) is 4.79 Å². The molecule has 0 radical (unpaired) electrons. The third-order valence-corrected chi connectivity index (χ3v) is 5.79. The molecule has 3 aromatic rings. The van der Waals surface area contributed by atoms with Gasteiger partial charge in [0.1, 0.15) is 5.58 Å². The summed E-state index contributed by atoms with van der Waals surface area (Å²) in [5, 5.41) is 4.49. The minimum atomic E-state index is -0.336. The van der Waals surface area contributed by atoms with Crippen LogP contribution in [0.1, 0.15) is 24.0 Å². The predicted octanol–water partition coefficient (Wildman–Crippen LogP) is 4.24. The van der Waals surface area contributed by atoms with Crippen LogP contribution in [0.2, 0.25) is 0 Å². The molecule has 5 rings (SSSR count). The van der Waals surface area contributed by atoms with E-state index in [1.54, 1.807) is 12.1 Å². The lowest BCUT2D eigenvalue weighted by atomic mass is 10.0. The minimum absolute atomic E-state index is 0.302. The zero-order chi connectivity index (χ0) is 20.5. The van der Waals surface area contributed by atoms with Crippen LogP contribution in [0.3, 0.4) is 0 Å². The van der Waals surface area contributed by atoms with Crippen molar-refractivity contribution in [2.24, 2.45) is 0 Å². The summed E-state index contributed by atoms with van der Waals surface area (Å²) >= 11 is 0. The third kappa shape index (κ3) is 3.78. The standard InChI is InChI=1S/C24H24N2O4/c1-2-16-3-5-21-19(11-16)20(13-24(27)30-21)25-18-7-9-26(10-8-18)14-17-4-6-22-23(12-17)29-15-28-22/h2-6,11-13,18,25H,1,7-10,14-15H2. The topological polar surface area (TPSA) is 63.9 Å². The molecule has 0 aliphatic carbocycles. The Morgan fingerprint density at radius 1 is 1.07 bits per heavy atom. The summed E-state index contributed by atoms with van der Waals surface area (Å²) in [7, 11) is 0. The second-order valence-electron chi connectivity index (χ2n) is 7.82. The molecule has 154 valence electrons. The summed E-state index contributed by atoms with van der Waals surface area (Å²) in [5.41, 5.74) is 3.32. The zero-order valence-corrected chi connectivity index (χ0v) is 16.7. The Morgan fingerprint density at radius 3 is 2.73 bits per heavy atom. The summed E-state index contributed by atoms with van der Waals surface area (Å²) in [6, 6.07) is 13.7. The van der Waals surface area contributed by atoms with Crippen molar-refractivity contribution in [1.82, 2.24) is 4.90 Å². The molecule has 0 bridgehead atoms. The first-order chi connectivity index (χ1) is 14.7. The molecule has 0 atom stereocenters. The van der Waals surface area contributed by atoms with E-state index in [9.17, 15) is 4.79 Å². The summed E-state index contributed by atoms with van der Waals surface area (Å²) in [4.78, 5) is 14.4. The van der Waals surface area contributed by atoms with Gasteiger partial charge < -0.3 is 19.2 Å². The van der Waals surface area contributed by atoms with E-state index in [1.165, 1.54) is 5.56 Å². The van der Waals surface area contributed by atoms with Gasteiger partial charge >= 0.3 is 5.63 Å². The van der Waals surface area contributed by atoms with E-state index in [4.69, 9.17) is 13.9 Å². The molecule has 1 saturated heterocycles. The van der Waals surface area contributed by atoms with E-state index in [2.05, 4.69) is 28.9 Å². The van der Waals surface area contributed by atoms with Crippen molar-refractivity contribution >= 4 is 22.7 Å². The van der Waals surface area contributed by atoms with Gasteiger partial charge in [-0.2, -0.15) is 0 Å². The van der Waals surface area contributed by atoms with Crippen LogP contribution in [0.4, 0.5) is 5.69 Å². The smallest absolute Gasteiger partial charge is 0.338 e. The van der Waals surface area contributed by atoms with Crippen molar-refractivity contribution in [1.29, 1.82) is 0 Å². The number of hydrogen-bond donors (Lipinski definition) is 1. The molecule has 6 nitrogen and oxygen atoms in total. The number of anilines is 1. The number of benzene rings is 2. The van der Waals surface area contributed by atoms with Crippen molar-refractivity contribution in [2.75, 3.05) is 25.2 Å². The zero-order valence-electron chi connectivity index (χ0n) is 16.7. The highest BCUT2D eigenvalue weighted by Gasteiger charge is 2.21. The highest BCUT2D eigenvalue weighted by molar-refractivity contribution is 5.91. The maximum atomic E-state index is 12.0. The van der Waals surface area contributed by atoms with E-state index >= 15 is 0 Å². The van der Waals surface area contributed by atoms with Crippen molar-refractivity contribution in [2.45, 2.75) is 25.4 Å². The largest absolute Gasteiger partial charge is 0.454 e. The van der Waals surface area contributed by atoms with Crippen LogP contribution in [-0.2, 0) is 6.54 Å². The summed E-state index contributed by atoms with van der Waals surface area (Å²) < 4.78 is 16.2. The van der Waals surface area contributed by atoms with Crippen LogP contribution in [0.25, 0.3) is 17.0 Å². The fourth-order valence-corrected chi connectivity index (χ4v) is 4.18. The number of ether oxygens (including phenoxy) is 2. The Balaban J connectivity index is 1.25. The lowest BCUT2D eigenvalue weighted by Crippen LogP contribution is -2.38. The number of hydrogen-bond acceptors (Lipinski definition) is 6. The molecule has 2 aromatic carbocycles. The lowest BCUT2D eigenvalue weighted by molar-refractivity contribution is 0.173. The van der Waals surface area contributed by atoms with E-state index in [0.29, 0.717) is 18.4 Å². The summed E-state index contributed by atoms with van der Waals surface area (Å²) in [6.07, 6.45) is 3.81. The highest BCUT2D eigenvalue weighted by atomic mass is 16.7. The fraction of sp³-hybridized carbons (Fsp3) is 0.292. The highest BCUT2D eigenvalue weighted by Crippen LogP contribution is 2.33. The Hall–Kier alpha value is -3.25. The monoisotopic (exact) mass is 404 g/mol.